The summed E-state index contributed by atoms with van der Waals surface area (Å²) in [5.74, 6) is 0.436. The number of aromatic nitrogens is 3. The van der Waals surface area contributed by atoms with Gasteiger partial charge in [0.1, 0.15) is 5.65 Å². The zero-order chi connectivity index (χ0) is 19.0. The molecule has 0 saturated heterocycles. The van der Waals surface area contributed by atoms with Gasteiger partial charge in [0.15, 0.2) is 0 Å². The van der Waals surface area contributed by atoms with E-state index in [9.17, 15) is 4.79 Å². The van der Waals surface area contributed by atoms with E-state index in [1.807, 2.05) is 49.4 Å². The summed E-state index contributed by atoms with van der Waals surface area (Å²) in [6.07, 6.45) is 1.71. The Balaban J connectivity index is 1.86. The van der Waals surface area contributed by atoms with Crippen LogP contribution in [-0.2, 0) is 7.05 Å². The van der Waals surface area contributed by atoms with Gasteiger partial charge in [-0.05, 0) is 36.8 Å². The van der Waals surface area contributed by atoms with Crippen LogP contribution in [0.5, 0.6) is 0 Å². The summed E-state index contributed by atoms with van der Waals surface area (Å²) in [6, 6.07) is 17.1. The minimum absolute atomic E-state index is 0.150. The molecule has 2 aromatic heterocycles. The number of hydrogen-bond donors (Lipinski definition) is 1. The van der Waals surface area contributed by atoms with Gasteiger partial charge in [0.05, 0.1) is 0 Å². The lowest BCUT2D eigenvalue weighted by Crippen LogP contribution is -2.20. The molecule has 0 saturated carbocycles. The van der Waals surface area contributed by atoms with Crippen LogP contribution in [0.1, 0.15) is 5.56 Å². The number of fused-ring (bicyclic) bond motifs is 1. The first-order valence-electron chi connectivity index (χ1n) is 8.49. The van der Waals surface area contributed by atoms with Crippen LogP contribution in [0.15, 0.2) is 65.6 Å². The summed E-state index contributed by atoms with van der Waals surface area (Å²) in [7, 11) is 1.71. The minimum Gasteiger partial charge on any atom is -0.324 e. The van der Waals surface area contributed by atoms with Crippen molar-refractivity contribution in [1.29, 1.82) is 0 Å². The van der Waals surface area contributed by atoms with Crippen molar-refractivity contribution in [2.45, 2.75) is 6.92 Å². The highest BCUT2D eigenvalue weighted by atomic mass is 35.5. The van der Waals surface area contributed by atoms with Crippen molar-refractivity contribution in [3.05, 3.63) is 81.7 Å². The summed E-state index contributed by atoms with van der Waals surface area (Å²) in [6.45, 7) is 1.94. The predicted octanol–water partition coefficient (Wildman–Crippen LogP) is 4.70. The molecular formula is C21H17ClN4O. The Morgan fingerprint density at radius 1 is 1.07 bits per heavy atom. The van der Waals surface area contributed by atoms with Gasteiger partial charge in [0.25, 0.3) is 5.56 Å². The standard InChI is InChI=1S/C21H17ClN4O/c1-13-7-6-10-17(22)18(13)16-11-14-12-23-21(24-15-8-4-3-5-9-15)25-19(14)26(2)20(16)27/h3-12H,1-2H3,(H,23,24,25). The lowest BCUT2D eigenvalue weighted by atomic mass is 10.0. The number of halogens is 1. The van der Waals surface area contributed by atoms with E-state index >= 15 is 0 Å². The van der Waals surface area contributed by atoms with E-state index < -0.39 is 0 Å². The molecule has 0 atom stereocenters. The van der Waals surface area contributed by atoms with Crippen molar-refractivity contribution in [3.8, 4) is 11.1 Å². The topological polar surface area (TPSA) is 59.8 Å². The van der Waals surface area contributed by atoms with Gasteiger partial charge in [-0.2, -0.15) is 4.98 Å². The Morgan fingerprint density at radius 3 is 2.59 bits per heavy atom. The average molecular weight is 377 g/mol. The van der Waals surface area contributed by atoms with Gasteiger partial charge in [-0.15, -0.1) is 0 Å². The number of rotatable bonds is 3. The number of pyridine rings is 1. The van der Waals surface area contributed by atoms with Crippen molar-refractivity contribution < 1.29 is 0 Å². The fourth-order valence-corrected chi connectivity index (χ4v) is 3.43. The second-order valence-electron chi connectivity index (χ2n) is 6.32. The van der Waals surface area contributed by atoms with E-state index in [0.717, 1.165) is 22.2 Å². The molecule has 4 aromatic rings. The third kappa shape index (κ3) is 3.17. The Bertz CT molecular complexity index is 1180. The fraction of sp³-hybridized carbons (Fsp3) is 0.0952. The molecule has 0 aliphatic heterocycles. The Hall–Kier alpha value is -3.18. The third-order valence-corrected chi connectivity index (χ3v) is 4.78. The van der Waals surface area contributed by atoms with Crippen molar-refractivity contribution in [1.82, 2.24) is 14.5 Å². The summed E-state index contributed by atoms with van der Waals surface area (Å²) >= 11 is 6.37. The molecule has 27 heavy (non-hydrogen) atoms. The van der Waals surface area contributed by atoms with Crippen LogP contribution in [0.2, 0.25) is 5.02 Å². The summed E-state index contributed by atoms with van der Waals surface area (Å²) < 4.78 is 1.53. The van der Waals surface area contributed by atoms with Crippen LogP contribution in [0.4, 0.5) is 11.6 Å². The lowest BCUT2D eigenvalue weighted by molar-refractivity contribution is 0.887. The number of hydrogen-bond acceptors (Lipinski definition) is 4. The first-order chi connectivity index (χ1) is 13.0. The number of benzene rings is 2. The van der Waals surface area contributed by atoms with Crippen molar-refractivity contribution >= 4 is 34.3 Å². The maximum Gasteiger partial charge on any atom is 0.259 e. The molecule has 0 aliphatic carbocycles. The molecule has 6 heteroatoms. The molecule has 2 heterocycles. The summed E-state index contributed by atoms with van der Waals surface area (Å²) in [5, 5.41) is 4.47. The molecule has 2 aromatic carbocycles. The number of nitrogens with one attached hydrogen (secondary N) is 1. The highest BCUT2D eigenvalue weighted by molar-refractivity contribution is 6.33. The highest BCUT2D eigenvalue weighted by Gasteiger charge is 2.15. The second-order valence-corrected chi connectivity index (χ2v) is 6.72. The number of aryl methyl sites for hydroxylation is 2. The second kappa shape index (κ2) is 6.85. The molecule has 0 spiro atoms. The van der Waals surface area contributed by atoms with E-state index in [2.05, 4.69) is 15.3 Å². The van der Waals surface area contributed by atoms with Crippen molar-refractivity contribution in [3.63, 3.8) is 0 Å². The molecule has 0 fully saturated rings. The van der Waals surface area contributed by atoms with Gasteiger partial charge in [-0.3, -0.25) is 9.36 Å². The number of para-hydroxylation sites is 1. The zero-order valence-electron chi connectivity index (χ0n) is 14.9. The quantitative estimate of drug-likeness (QED) is 0.563. The molecule has 0 radical (unpaired) electrons. The maximum atomic E-state index is 13.0. The lowest BCUT2D eigenvalue weighted by Gasteiger charge is -2.12. The Labute approximate surface area is 161 Å². The van der Waals surface area contributed by atoms with E-state index in [4.69, 9.17) is 11.6 Å². The predicted molar refractivity (Wildman–Crippen MR) is 110 cm³/mol. The van der Waals surface area contributed by atoms with Crippen molar-refractivity contribution in [2.75, 3.05) is 5.32 Å². The van der Waals surface area contributed by atoms with E-state index in [0.29, 0.717) is 22.2 Å². The molecule has 134 valence electrons. The maximum absolute atomic E-state index is 13.0. The number of anilines is 2. The van der Waals surface area contributed by atoms with E-state index in [1.165, 1.54) is 4.57 Å². The fourth-order valence-electron chi connectivity index (χ4n) is 3.11. The monoisotopic (exact) mass is 376 g/mol. The van der Waals surface area contributed by atoms with Gasteiger partial charge in [0.2, 0.25) is 5.95 Å². The summed E-state index contributed by atoms with van der Waals surface area (Å²) in [5.41, 5.74) is 3.52. The van der Waals surface area contributed by atoms with Gasteiger partial charge < -0.3 is 5.32 Å². The van der Waals surface area contributed by atoms with Crippen LogP contribution in [0.3, 0.4) is 0 Å². The van der Waals surface area contributed by atoms with Gasteiger partial charge in [0, 0.05) is 40.5 Å². The normalized spacial score (nSPS) is 10.9. The SMILES string of the molecule is Cc1cccc(Cl)c1-c1cc2cnc(Nc3ccccc3)nc2n(C)c1=O. The Morgan fingerprint density at radius 2 is 1.85 bits per heavy atom. The van der Waals surface area contributed by atoms with E-state index in [-0.39, 0.29) is 5.56 Å². The molecule has 0 amide bonds. The molecule has 4 rings (SSSR count). The van der Waals surface area contributed by atoms with E-state index in [1.54, 1.807) is 25.4 Å². The first kappa shape index (κ1) is 17.2. The smallest absolute Gasteiger partial charge is 0.259 e. The van der Waals surface area contributed by atoms with Crippen LogP contribution in [0.25, 0.3) is 22.2 Å². The van der Waals surface area contributed by atoms with Crippen LogP contribution in [-0.4, -0.2) is 14.5 Å². The van der Waals surface area contributed by atoms with Crippen LogP contribution in [0, 0.1) is 6.92 Å². The molecule has 0 aliphatic rings. The average Bonchev–Trinajstić information content (AvgIpc) is 2.67. The molecule has 0 bridgehead atoms. The van der Waals surface area contributed by atoms with Crippen LogP contribution < -0.4 is 10.9 Å². The molecule has 1 N–H and O–H groups in total. The zero-order valence-corrected chi connectivity index (χ0v) is 15.7. The highest BCUT2D eigenvalue weighted by Crippen LogP contribution is 2.30. The number of nitrogens with zero attached hydrogens (tertiary/aromatic N) is 3. The van der Waals surface area contributed by atoms with Crippen LogP contribution >= 0.6 is 11.6 Å². The molecular weight excluding hydrogens is 360 g/mol. The third-order valence-electron chi connectivity index (χ3n) is 4.47. The largest absolute Gasteiger partial charge is 0.324 e. The van der Waals surface area contributed by atoms with Crippen molar-refractivity contribution in [2.24, 2.45) is 7.05 Å². The van der Waals surface area contributed by atoms with Gasteiger partial charge in [-0.1, -0.05) is 41.9 Å². The summed E-state index contributed by atoms with van der Waals surface area (Å²) in [4.78, 5) is 21.9. The minimum atomic E-state index is -0.150. The first-order valence-corrected chi connectivity index (χ1v) is 8.87. The van der Waals surface area contributed by atoms with Gasteiger partial charge >= 0.3 is 0 Å². The molecule has 5 nitrogen and oxygen atoms in total. The Kier molecular flexibility index (Phi) is 4.38. The van der Waals surface area contributed by atoms with Gasteiger partial charge in [-0.25, -0.2) is 4.98 Å². The molecule has 0 unspecified atom stereocenters.